The lowest BCUT2D eigenvalue weighted by molar-refractivity contribution is 0.293. The lowest BCUT2D eigenvalue weighted by atomic mass is 9.86. The van der Waals surface area contributed by atoms with Crippen LogP contribution in [-0.2, 0) is 12.0 Å². The van der Waals surface area contributed by atoms with Crippen molar-refractivity contribution in [3.05, 3.63) is 53.3 Å². The van der Waals surface area contributed by atoms with E-state index in [0.717, 1.165) is 17.1 Å². The number of benzene rings is 1. The van der Waals surface area contributed by atoms with E-state index in [-0.39, 0.29) is 5.41 Å². The van der Waals surface area contributed by atoms with E-state index in [1.807, 2.05) is 19.2 Å². The molecule has 0 saturated heterocycles. The van der Waals surface area contributed by atoms with E-state index in [0.29, 0.717) is 6.61 Å². The fraction of sp³-hybridized carbons (Fsp3) is 0.389. The van der Waals surface area contributed by atoms with Crippen molar-refractivity contribution in [1.82, 2.24) is 4.98 Å². The fourth-order valence-corrected chi connectivity index (χ4v) is 2.23. The Bertz CT molecular complexity index is 615. The molecule has 3 nitrogen and oxygen atoms in total. The lowest BCUT2D eigenvalue weighted by Crippen LogP contribution is -2.13. The highest BCUT2D eigenvalue weighted by atomic mass is 16.5. The number of aryl methyl sites for hydroxylation is 1. The molecule has 0 saturated carbocycles. The molecular formula is C18H24N2O. The Kier molecular flexibility index (Phi) is 4.51. The van der Waals surface area contributed by atoms with Gasteiger partial charge in [0.25, 0.3) is 0 Å². The van der Waals surface area contributed by atoms with Crippen molar-refractivity contribution in [1.29, 1.82) is 0 Å². The average molecular weight is 284 g/mol. The van der Waals surface area contributed by atoms with Gasteiger partial charge in [0.1, 0.15) is 12.4 Å². The third kappa shape index (κ3) is 3.97. The van der Waals surface area contributed by atoms with E-state index in [2.05, 4.69) is 56.2 Å². The number of aromatic nitrogens is 1. The molecule has 1 N–H and O–H groups in total. The monoisotopic (exact) mass is 284 g/mol. The summed E-state index contributed by atoms with van der Waals surface area (Å²) in [6, 6.07) is 10.3. The third-order valence-corrected chi connectivity index (χ3v) is 3.43. The average Bonchev–Trinajstić information content (AvgIpc) is 2.44. The van der Waals surface area contributed by atoms with Crippen LogP contribution in [0.5, 0.6) is 5.75 Å². The van der Waals surface area contributed by atoms with Crippen molar-refractivity contribution in [3.63, 3.8) is 0 Å². The van der Waals surface area contributed by atoms with E-state index in [9.17, 15) is 0 Å². The molecule has 0 atom stereocenters. The minimum Gasteiger partial charge on any atom is -0.487 e. The van der Waals surface area contributed by atoms with Gasteiger partial charge in [0.05, 0.1) is 5.69 Å². The van der Waals surface area contributed by atoms with Crippen LogP contribution in [0.2, 0.25) is 0 Å². The van der Waals surface area contributed by atoms with Gasteiger partial charge in [-0.1, -0.05) is 32.9 Å². The molecule has 0 unspecified atom stereocenters. The molecule has 0 amide bonds. The van der Waals surface area contributed by atoms with Gasteiger partial charge >= 0.3 is 0 Å². The topological polar surface area (TPSA) is 34.2 Å². The summed E-state index contributed by atoms with van der Waals surface area (Å²) in [7, 11) is 1.90. The molecule has 0 aliphatic heterocycles. The van der Waals surface area contributed by atoms with Crippen LogP contribution in [0.3, 0.4) is 0 Å². The molecule has 3 heteroatoms. The molecule has 2 aromatic rings. The largest absolute Gasteiger partial charge is 0.487 e. The number of nitrogens with one attached hydrogen (secondary N) is 1. The standard InChI is InChI=1S/C18H24N2O/c1-13-6-7-16(18(2,3)4)17(10-13)21-12-15-11-14(19-5)8-9-20-15/h6-11H,12H2,1-5H3,(H,19,20). The number of ether oxygens (including phenoxy) is 1. The number of hydrogen-bond donors (Lipinski definition) is 1. The smallest absolute Gasteiger partial charge is 0.130 e. The first-order valence-electron chi connectivity index (χ1n) is 7.27. The molecular weight excluding hydrogens is 260 g/mol. The van der Waals surface area contributed by atoms with Gasteiger partial charge in [0.2, 0.25) is 0 Å². The summed E-state index contributed by atoms with van der Waals surface area (Å²) in [5, 5.41) is 3.11. The van der Waals surface area contributed by atoms with Crippen molar-refractivity contribution in [2.24, 2.45) is 0 Å². The zero-order valence-electron chi connectivity index (χ0n) is 13.5. The van der Waals surface area contributed by atoms with Gasteiger partial charge in [-0.25, -0.2) is 0 Å². The van der Waals surface area contributed by atoms with Crippen molar-refractivity contribution < 1.29 is 4.74 Å². The second kappa shape index (κ2) is 6.17. The summed E-state index contributed by atoms with van der Waals surface area (Å²) >= 11 is 0. The van der Waals surface area contributed by atoms with Gasteiger partial charge in [-0.2, -0.15) is 0 Å². The van der Waals surface area contributed by atoms with Gasteiger partial charge in [-0.15, -0.1) is 0 Å². The minimum absolute atomic E-state index is 0.0588. The molecule has 0 fully saturated rings. The molecule has 0 aliphatic rings. The molecule has 2 rings (SSSR count). The summed E-state index contributed by atoms with van der Waals surface area (Å²) in [4.78, 5) is 4.35. The Morgan fingerprint density at radius 1 is 1.14 bits per heavy atom. The van der Waals surface area contributed by atoms with Crippen LogP contribution in [0.1, 0.15) is 37.6 Å². The van der Waals surface area contributed by atoms with E-state index in [1.54, 1.807) is 6.20 Å². The highest BCUT2D eigenvalue weighted by Crippen LogP contribution is 2.32. The molecule has 1 heterocycles. The second-order valence-corrected chi connectivity index (χ2v) is 6.32. The Hall–Kier alpha value is -2.03. The van der Waals surface area contributed by atoms with E-state index >= 15 is 0 Å². The summed E-state index contributed by atoms with van der Waals surface area (Å²) < 4.78 is 6.04. The van der Waals surface area contributed by atoms with Gasteiger partial charge < -0.3 is 10.1 Å². The number of nitrogens with zero attached hydrogens (tertiary/aromatic N) is 1. The quantitative estimate of drug-likeness (QED) is 0.908. The summed E-state index contributed by atoms with van der Waals surface area (Å²) in [6.45, 7) is 9.15. The van der Waals surface area contributed by atoms with E-state index in [1.165, 1.54) is 11.1 Å². The first kappa shape index (κ1) is 15.4. The van der Waals surface area contributed by atoms with Crippen LogP contribution >= 0.6 is 0 Å². The predicted molar refractivity (Wildman–Crippen MR) is 88.0 cm³/mol. The van der Waals surface area contributed by atoms with Gasteiger partial charge in [-0.3, -0.25) is 4.98 Å². The van der Waals surface area contributed by atoms with Gasteiger partial charge in [0, 0.05) is 18.9 Å². The molecule has 0 spiro atoms. The first-order valence-corrected chi connectivity index (χ1v) is 7.27. The maximum absolute atomic E-state index is 6.04. The maximum Gasteiger partial charge on any atom is 0.130 e. The normalized spacial score (nSPS) is 11.3. The van der Waals surface area contributed by atoms with Gasteiger partial charge in [-0.05, 0) is 41.7 Å². The van der Waals surface area contributed by atoms with Crippen molar-refractivity contribution in [2.75, 3.05) is 12.4 Å². The van der Waals surface area contributed by atoms with Crippen LogP contribution < -0.4 is 10.1 Å². The summed E-state index contributed by atoms with van der Waals surface area (Å²) in [6.07, 6.45) is 1.80. The highest BCUT2D eigenvalue weighted by Gasteiger charge is 2.19. The predicted octanol–water partition coefficient (Wildman–Crippen LogP) is 4.31. The maximum atomic E-state index is 6.04. The lowest BCUT2D eigenvalue weighted by Gasteiger charge is -2.23. The zero-order valence-corrected chi connectivity index (χ0v) is 13.5. The Balaban J connectivity index is 2.21. The SMILES string of the molecule is CNc1ccnc(COc2cc(C)ccc2C(C)(C)C)c1. The van der Waals surface area contributed by atoms with E-state index in [4.69, 9.17) is 4.74 Å². The van der Waals surface area contributed by atoms with Crippen molar-refractivity contribution in [3.8, 4) is 5.75 Å². The third-order valence-electron chi connectivity index (χ3n) is 3.43. The number of pyridine rings is 1. The Labute approximate surface area is 127 Å². The van der Waals surface area contributed by atoms with Crippen molar-refractivity contribution in [2.45, 2.75) is 39.7 Å². The minimum atomic E-state index is 0.0588. The van der Waals surface area contributed by atoms with Crippen LogP contribution in [-0.4, -0.2) is 12.0 Å². The van der Waals surface area contributed by atoms with Crippen LogP contribution in [0.15, 0.2) is 36.5 Å². The highest BCUT2D eigenvalue weighted by molar-refractivity contribution is 5.43. The van der Waals surface area contributed by atoms with E-state index < -0.39 is 0 Å². The summed E-state index contributed by atoms with van der Waals surface area (Å²) in [5.74, 6) is 0.944. The van der Waals surface area contributed by atoms with Gasteiger partial charge in [0.15, 0.2) is 0 Å². The Morgan fingerprint density at radius 3 is 2.57 bits per heavy atom. The number of hydrogen-bond acceptors (Lipinski definition) is 3. The molecule has 21 heavy (non-hydrogen) atoms. The van der Waals surface area contributed by atoms with Crippen LogP contribution in [0.25, 0.3) is 0 Å². The Morgan fingerprint density at radius 2 is 1.90 bits per heavy atom. The number of rotatable bonds is 4. The fourth-order valence-electron chi connectivity index (χ4n) is 2.23. The first-order chi connectivity index (χ1) is 9.90. The number of anilines is 1. The molecule has 0 aliphatic carbocycles. The molecule has 0 radical (unpaired) electrons. The van der Waals surface area contributed by atoms with Crippen LogP contribution in [0.4, 0.5) is 5.69 Å². The zero-order chi connectivity index (χ0) is 15.5. The summed E-state index contributed by atoms with van der Waals surface area (Å²) in [5.41, 5.74) is 4.45. The second-order valence-electron chi connectivity index (χ2n) is 6.32. The van der Waals surface area contributed by atoms with Crippen molar-refractivity contribution >= 4 is 5.69 Å². The molecule has 0 bridgehead atoms. The molecule has 1 aromatic heterocycles. The molecule has 112 valence electrons. The molecule has 1 aromatic carbocycles. The van der Waals surface area contributed by atoms with Crippen LogP contribution in [0, 0.1) is 6.92 Å².